The van der Waals surface area contributed by atoms with E-state index in [4.69, 9.17) is 11.6 Å². The number of rotatable bonds is 8. The number of halogens is 1. The SMILES string of the molecule is CCN(CC)S(=O)(=O)c1cccc(NC(=O)c2cn(-c3ccccc3)nc2-c2ccc(Cl)cc2)c1. The van der Waals surface area contributed by atoms with Crippen LogP contribution >= 0.6 is 11.6 Å². The minimum absolute atomic E-state index is 0.122. The lowest BCUT2D eigenvalue weighted by molar-refractivity contribution is 0.102. The van der Waals surface area contributed by atoms with Crippen molar-refractivity contribution in [3.05, 3.63) is 95.6 Å². The molecule has 0 aliphatic heterocycles. The lowest BCUT2D eigenvalue weighted by Gasteiger charge is -2.18. The van der Waals surface area contributed by atoms with Gasteiger partial charge < -0.3 is 5.32 Å². The van der Waals surface area contributed by atoms with Crippen molar-refractivity contribution in [2.75, 3.05) is 18.4 Å². The van der Waals surface area contributed by atoms with Crippen LogP contribution in [0.3, 0.4) is 0 Å². The summed E-state index contributed by atoms with van der Waals surface area (Å²) in [6.07, 6.45) is 1.66. The van der Waals surface area contributed by atoms with E-state index in [9.17, 15) is 13.2 Å². The molecule has 1 aromatic heterocycles. The van der Waals surface area contributed by atoms with Gasteiger partial charge in [0.1, 0.15) is 5.69 Å². The predicted molar refractivity (Wildman–Crippen MR) is 139 cm³/mol. The van der Waals surface area contributed by atoms with Crippen molar-refractivity contribution >= 4 is 33.2 Å². The van der Waals surface area contributed by atoms with Gasteiger partial charge in [-0.3, -0.25) is 4.79 Å². The number of anilines is 1. The highest BCUT2D eigenvalue weighted by Crippen LogP contribution is 2.27. The minimum atomic E-state index is -3.66. The summed E-state index contributed by atoms with van der Waals surface area (Å²) >= 11 is 6.05. The van der Waals surface area contributed by atoms with Gasteiger partial charge in [-0.15, -0.1) is 0 Å². The van der Waals surface area contributed by atoms with Crippen LogP contribution in [-0.2, 0) is 10.0 Å². The molecule has 0 radical (unpaired) electrons. The van der Waals surface area contributed by atoms with Gasteiger partial charge in [0.15, 0.2) is 0 Å². The molecule has 1 amide bonds. The van der Waals surface area contributed by atoms with Crippen molar-refractivity contribution in [3.63, 3.8) is 0 Å². The lowest BCUT2D eigenvalue weighted by Crippen LogP contribution is -2.30. The molecule has 0 aliphatic rings. The molecule has 0 bridgehead atoms. The lowest BCUT2D eigenvalue weighted by atomic mass is 10.1. The second kappa shape index (κ2) is 10.4. The van der Waals surface area contributed by atoms with Gasteiger partial charge in [0.2, 0.25) is 10.0 Å². The Bertz CT molecular complexity index is 1430. The van der Waals surface area contributed by atoms with Crippen LogP contribution in [0, 0.1) is 0 Å². The van der Waals surface area contributed by atoms with E-state index >= 15 is 0 Å². The maximum atomic E-state index is 13.4. The molecule has 180 valence electrons. The molecule has 7 nitrogen and oxygen atoms in total. The summed E-state index contributed by atoms with van der Waals surface area (Å²) in [6.45, 7) is 4.29. The van der Waals surface area contributed by atoms with Crippen LogP contribution in [0.15, 0.2) is 90.0 Å². The Balaban J connectivity index is 1.71. The molecule has 9 heteroatoms. The normalized spacial score (nSPS) is 11.5. The van der Waals surface area contributed by atoms with E-state index < -0.39 is 15.9 Å². The molecule has 1 N–H and O–H groups in total. The first-order chi connectivity index (χ1) is 16.8. The number of nitrogens with zero attached hydrogens (tertiary/aromatic N) is 3. The summed E-state index contributed by atoms with van der Waals surface area (Å²) in [7, 11) is -3.66. The summed E-state index contributed by atoms with van der Waals surface area (Å²) < 4.78 is 28.8. The number of sulfonamides is 1. The average molecular weight is 509 g/mol. The number of para-hydroxylation sites is 1. The Morgan fingerprint density at radius 3 is 2.31 bits per heavy atom. The standard InChI is InChI=1S/C26H25ClN4O3S/c1-3-30(4-2)35(33,34)23-12-8-9-21(17-23)28-26(32)24-18-31(22-10-6-5-7-11-22)29-25(24)19-13-15-20(27)16-14-19/h5-18H,3-4H2,1-2H3,(H,28,32). The molecule has 0 spiro atoms. The van der Waals surface area contributed by atoms with E-state index in [0.29, 0.717) is 35.1 Å². The summed E-state index contributed by atoms with van der Waals surface area (Å²) in [5.74, 6) is -0.408. The molecule has 0 atom stereocenters. The zero-order chi connectivity index (χ0) is 25.0. The van der Waals surface area contributed by atoms with Gasteiger partial charge in [0.05, 0.1) is 16.1 Å². The van der Waals surface area contributed by atoms with Crippen molar-refractivity contribution in [2.45, 2.75) is 18.7 Å². The van der Waals surface area contributed by atoms with E-state index in [1.54, 1.807) is 61.1 Å². The number of nitrogens with one attached hydrogen (secondary N) is 1. The molecule has 0 aliphatic carbocycles. The summed E-state index contributed by atoms with van der Waals surface area (Å²) in [4.78, 5) is 13.5. The number of carbonyl (C=O) groups excluding carboxylic acids is 1. The van der Waals surface area contributed by atoms with E-state index in [1.807, 2.05) is 30.3 Å². The van der Waals surface area contributed by atoms with Crippen LogP contribution in [0.2, 0.25) is 5.02 Å². The molecular formula is C26H25ClN4O3S. The number of hydrogen-bond acceptors (Lipinski definition) is 4. The zero-order valence-electron chi connectivity index (χ0n) is 19.3. The minimum Gasteiger partial charge on any atom is -0.322 e. The van der Waals surface area contributed by atoms with Crippen molar-refractivity contribution in [1.29, 1.82) is 0 Å². The van der Waals surface area contributed by atoms with Crippen LogP contribution < -0.4 is 5.32 Å². The summed E-state index contributed by atoms with van der Waals surface area (Å²) in [5.41, 5.74) is 2.72. The molecule has 0 fully saturated rings. The fraction of sp³-hybridized carbons (Fsp3) is 0.154. The molecule has 35 heavy (non-hydrogen) atoms. The molecule has 0 saturated heterocycles. The first-order valence-corrected chi connectivity index (χ1v) is 13.0. The highest BCUT2D eigenvalue weighted by Gasteiger charge is 2.23. The van der Waals surface area contributed by atoms with Crippen molar-refractivity contribution in [3.8, 4) is 16.9 Å². The third kappa shape index (κ3) is 5.30. The molecular weight excluding hydrogens is 484 g/mol. The first kappa shape index (κ1) is 24.7. The summed E-state index contributed by atoms with van der Waals surface area (Å²) in [5, 5.41) is 8.06. The van der Waals surface area contributed by atoms with Crippen molar-refractivity contribution < 1.29 is 13.2 Å². The molecule has 4 aromatic rings. The van der Waals surface area contributed by atoms with E-state index in [-0.39, 0.29) is 4.90 Å². The van der Waals surface area contributed by atoms with Gasteiger partial charge in [-0.05, 0) is 42.5 Å². The fourth-order valence-electron chi connectivity index (χ4n) is 3.72. The van der Waals surface area contributed by atoms with E-state index in [2.05, 4.69) is 10.4 Å². The van der Waals surface area contributed by atoms with Crippen LogP contribution in [0.1, 0.15) is 24.2 Å². The Morgan fingerprint density at radius 1 is 0.971 bits per heavy atom. The number of aromatic nitrogens is 2. The van der Waals surface area contributed by atoms with Gasteiger partial charge in [-0.2, -0.15) is 9.40 Å². The Hall–Kier alpha value is -3.46. The highest BCUT2D eigenvalue weighted by atomic mass is 35.5. The van der Waals surface area contributed by atoms with Crippen LogP contribution in [0.25, 0.3) is 16.9 Å². The van der Waals surface area contributed by atoms with Gasteiger partial charge in [-0.1, -0.05) is 61.8 Å². The van der Waals surface area contributed by atoms with E-state index in [1.165, 1.54) is 16.4 Å². The average Bonchev–Trinajstić information content (AvgIpc) is 3.32. The van der Waals surface area contributed by atoms with Crippen LogP contribution in [0.4, 0.5) is 5.69 Å². The predicted octanol–water partition coefficient (Wildman–Crippen LogP) is 5.48. The van der Waals surface area contributed by atoms with Crippen LogP contribution in [-0.4, -0.2) is 41.5 Å². The topological polar surface area (TPSA) is 84.3 Å². The number of carbonyl (C=O) groups is 1. The van der Waals surface area contributed by atoms with Crippen molar-refractivity contribution in [2.24, 2.45) is 0 Å². The largest absolute Gasteiger partial charge is 0.322 e. The van der Waals surface area contributed by atoms with Gasteiger partial charge in [-0.25, -0.2) is 13.1 Å². The van der Waals surface area contributed by atoms with Gasteiger partial charge in [0, 0.05) is 35.6 Å². The Morgan fingerprint density at radius 2 is 1.66 bits per heavy atom. The molecule has 0 saturated carbocycles. The summed E-state index contributed by atoms with van der Waals surface area (Å²) in [6, 6.07) is 22.8. The first-order valence-electron chi connectivity index (χ1n) is 11.2. The molecule has 0 unspecified atom stereocenters. The Labute approximate surface area is 210 Å². The second-order valence-corrected chi connectivity index (χ2v) is 10.1. The number of amides is 1. The van der Waals surface area contributed by atoms with Crippen molar-refractivity contribution in [1.82, 2.24) is 14.1 Å². The van der Waals surface area contributed by atoms with Gasteiger partial charge in [0.25, 0.3) is 5.91 Å². The van der Waals surface area contributed by atoms with Gasteiger partial charge >= 0.3 is 0 Å². The van der Waals surface area contributed by atoms with E-state index in [0.717, 1.165) is 11.3 Å². The number of benzene rings is 3. The smallest absolute Gasteiger partial charge is 0.259 e. The third-order valence-corrected chi connectivity index (χ3v) is 7.83. The Kier molecular flexibility index (Phi) is 7.35. The second-order valence-electron chi connectivity index (χ2n) is 7.75. The quantitative estimate of drug-likeness (QED) is 0.342. The molecule has 1 heterocycles. The highest BCUT2D eigenvalue weighted by molar-refractivity contribution is 7.89. The number of hydrogen-bond donors (Lipinski definition) is 1. The fourth-order valence-corrected chi connectivity index (χ4v) is 5.35. The monoisotopic (exact) mass is 508 g/mol. The maximum Gasteiger partial charge on any atom is 0.259 e. The molecule has 4 rings (SSSR count). The third-order valence-electron chi connectivity index (χ3n) is 5.53. The van der Waals surface area contributed by atoms with Crippen LogP contribution in [0.5, 0.6) is 0 Å². The molecule has 3 aromatic carbocycles. The zero-order valence-corrected chi connectivity index (χ0v) is 20.9. The maximum absolute atomic E-state index is 13.4.